The largest absolute Gasteiger partial charge is 0.338 e. The van der Waals surface area contributed by atoms with Crippen LogP contribution >= 0.6 is 11.3 Å². The van der Waals surface area contributed by atoms with Crippen LogP contribution in [0.15, 0.2) is 46.3 Å². The maximum Gasteiger partial charge on any atom is 0.254 e. The van der Waals surface area contributed by atoms with Gasteiger partial charge in [-0.25, -0.2) is 0 Å². The molecule has 1 N–H and O–H groups in total. The molecular weight excluding hydrogens is 390 g/mol. The van der Waals surface area contributed by atoms with Crippen LogP contribution < -0.4 is 5.32 Å². The summed E-state index contributed by atoms with van der Waals surface area (Å²) in [5.41, 5.74) is 1.20. The molecule has 2 amide bonds. The lowest BCUT2D eigenvalue weighted by atomic mass is 10.1. The maximum atomic E-state index is 12.8. The average Bonchev–Trinajstić information content (AvgIpc) is 3.39. The lowest BCUT2D eigenvalue weighted by molar-refractivity contribution is -0.114. The number of thiophene rings is 1. The number of amides is 2. The molecule has 1 aromatic carbocycles. The van der Waals surface area contributed by atoms with Crippen molar-refractivity contribution in [3.8, 4) is 10.7 Å². The van der Waals surface area contributed by atoms with Crippen LogP contribution in [0.5, 0.6) is 0 Å². The van der Waals surface area contributed by atoms with Crippen LogP contribution in [0.25, 0.3) is 10.7 Å². The van der Waals surface area contributed by atoms with Gasteiger partial charge in [0.25, 0.3) is 5.91 Å². The van der Waals surface area contributed by atoms with Crippen molar-refractivity contribution >= 4 is 28.8 Å². The zero-order valence-electron chi connectivity index (χ0n) is 16.0. The minimum Gasteiger partial charge on any atom is -0.338 e. The topological polar surface area (TPSA) is 91.6 Å². The predicted molar refractivity (Wildman–Crippen MR) is 110 cm³/mol. The Morgan fingerprint density at radius 2 is 2.00 bits per heavy atom. The minimum atomic E-state index is -0.161. The number of carbonyl (C=O) groups is 2. The second-order valence-corrected chi connectivity index (χ2v) is 7.77. The first-order valence-electron chi connectivity index (χ1n) is 9.34. The van der Waals surface area contributed by atoms with E-state index in [2.05, 4.69) is 20.4 Å². The van der Waals surface area contributed by atoms with Gasteiger partial charge in [-0.15, -0.1) is 11.3 Å². The van der Waals surface area contributed by atoms with Crippen LogP contribution in [0, 0.1) is 0 Å². The van der Waals surface area contributed by atoms with E-state index in [9.17, 15) is 9.59 Å². The average molecular weight is 411 g/mol. The molecular formula is C20H21N5O3S. The molecule has 9 heteroatoms. The number of hydrogen-bond donors (Lipinski definition) is 1. The number of nitrogens with one attached hydrogen (secondary N) is 1. The van der Waals surface area contributed by atoms with E-state index < -0.39 is 0 Å². The van der Waals surface area contributed by atoms with Crippen LogP contribution in [0.1, 0.15) is 23.2 Å². The monoisotopic (exact) mass is 411 g/mol. The number of carbonyl (C=O) groups excluding carboxylic acids is 2. The van der Waals surface area contributed by atoms with Crippen LogP contribution in [-0.4, -0.2) is 57.9 Å². The molecule has 0 atom stereocenters. The summed E-state index contributed by atoms with van der Waals surface area (Å²) in [6.07, 6.45) is 0. The molecule has 29 heavy (non-hydrogen) atoms. The summed E-state index contributed by atoms with van der Waals surface area (Å²) in [7, 11) is 0. The van der Waals surface area contributed by atoms with E-state index in [-0.39, 0.29) is 11.8 Å². The highest BCUT2D eigenvalue weighted by molar-refractivity contribution is 7.13. The summed E-state index contributed by atoms with van der Waals surface area (Å²) < 4.78 is 5.37. The highest BCUT2D eigenvalue weighted by Crippen LogP contribution is 2.22. The molecule has 150 valence electrons. The van der Waals surface area contributed by atoms with Gasteiger partial charge in [-0.3, -0.25) is 14.5 Å². The van der Waals surface area contributed by atoms with E-state index in [4.69, 9.17) is 4.52 Å². The Labute approximate surface area is 172 Å². The standard InChI is InChI=1S/C20H21N5O3S/c1-14(26)21-16-5-2-4-15(12-16)20(27)25-9-7-24(8-10-25)13-18-22-19(23-28-18)17-6-3-11-29-17/h2-6,11-12H,7-10,13H2,1H3,(H,21,26). The van der Waals surface area contributed by atoms with Gasteiger partial charge in [-0.1, -0.05) is 17.3 Å². The van der Waals surface area contributed by atoms with Gasteiger partial charge in [-0.05, 0) is 29.6 Å². The molecule has 0 unspecified atom stereocenters. The number of rotatable bonds is 5. The first kappa shape index (κ1) is 19.3. The molecule has 0 spiro atoms. The number of piperazine rings is 1. The van der Waals surface area contributed by atoms with Gasteiger partial charge in [0, 0.05) is 44.4 Å². The molecule has 1 saturated heterocycles. The third-order valence-electron chi connectivity index (χ3n) is 4.66. The molecule has 0 bridgehead atoms. The van der Waals surface area contributed by atoms with Crippen molar-refractivity contribution in [3.63, 3.8) is 0 Å². The Kier molecular flexibility index (Phi) is 5.68. The fourth-order valence-corrected chi connectivity index (χ4v) is 3.89. The third kappa shape index (κ3) is 4.69. The molecule has 4 rings (SSSR count). The van der Waals surface area contributed by atoms with Crippen molar-refractivity contribution in [1.82, 2.24) is 19.9 Å². The zero-order valence-corrected chi connectivity index (χ0v) is 16.8. The van der Waals surface area contributed by atoms with E-state index in [1.54, 1.807) is 35.6 Å². The number of aromatic nitrogens is 2. The fraction of sp³-hybridized carbons (Fsp3) is 0.300. The Bertz CT molecular complexity index is 993. The van der Waals surface area contributed by atoms with Gasteiger partial charge in [0.15, 0.2) is 0 Å². The first-order chi connectivity index (χ1) is 14.1. The molecule has 1 aliphatic rings. The van der Waals surface area contributed by atoms with Gasteiger partial charge in [0.1, 0.15) is 0 Å². The molecule has 0 saturated carbocycles. The van der Waals surface area contributed by atoms with Crippen LogP contribution in [0.4, 0.5) is 5.69 Å². The van der Waals surface area contributed by atoms with E-state index >= 15 is 0 Å². The highest BCUT2D eigenvalue weighted by Gasteiger charge is 2.23. The van der Waals surface area contributed by atoms with E-state index in [1.165, 1.54) is 6.92 Å². The predicted octanol–water partition coefficient (Wildman–Crippen LogP) is 2.71. The maximum absolute atomic E-state index is 12.8. The van der Waals surface area contributed by atoms with Gasteiger partial charge in [0.05, 0.1) is 11.4 Å². The second-order valence-electron chi connectivity index (χ2n) is 6.82. The van der Waals surface area contributed by atoms with Crippen molar-refractivity contribution < 1.29 is 14.1 Å². The van der Waals surface area contributed by atoms with Gasteiger partial charge >= 0.3 is 0 Å². The van der Waals surface area contributed by atoms with Crippen molar-refractivity contribution in [1.29, 1.82) is 0 Å². The summed E-state index contributed by atoms with van der Waals surface area (Å²) in [5, 5.41) is 8.73. The normalized spacial score (nSPS) is 14.7. The SMILES string of the molecule is CC(=O)Nc1cccc(C(=O)N2CCN(Cc3nc(-c4cccs4)no3)CC2)c1. The van der Waals surface area contributed by atoms with Crippen LogP contribution in [0.3, 0.4) is 0 Å². The number of benzene rings is 1. The van der Waals surface area contributed by atoms with Gasteiger partial charge in [-0.2, -0.15) is 4.98 Å². The molecule has 3 aromatic rings. The second kappa shape index (κ2) is 8.54. The summed E-state index contributed by atoms with van der Waals surface area (Å²) >= 11 is 1.57. The van der Waals surface area contributed by atoms with E-state index in [0.717, 1.165) is 18.0 Å². The Morgan fingerprint density at radius 3 is 2.72 bits per heavy atom. The lowest BCUT2D eigenvalue weighted by Gasteiger charge is -2.34. The number of anilines is 1. The summed E-state index contributed by atoms with van der Waals surface area (Å²) in [6, 6.07) is 10.9. The molecule has 1 fully saturated rings. The Hall–Kier alpha value is -3.04. The van der Waals surface area contributed by atoms with Crippen LogP contribution in [-0.2, 0) is 11.3 Å². The Balaban J connectivity index is 1.32. The molecule has 0 radical (unpaired) electrons. The van der Waals surface area contributed by atoms with Crippen LogP contribution in [0.2, 0.25) is 0 Å². The molecule has 1 aliphatic heterocycles. The smallest absolute Gasteiger partial charge is 0.254 e. The van der Waals surface area contributed by atoms with E-state index in [0.29, 0.717) is 42.6 Å². The van der Waals surface area contributed by atoms with Gasteiger partial charge in [0.2, 0.25) is 17.6 Å². The quantitative estimate of drug-likeness (QED) is 0.694. The highest BCUT2D eigenvalue weighted by atomic mass is 32.1. The first-order valence-corrected chi connectivity index (χ1v) is 10.2. The van der Waals surface area contributed by atoms with Gasteiger partial charge < -0.3 is 14.7 Å². The third-order valence-corrected chi connectivity index (χ3v) is 5.52. The molecule has 0 aliphatic carbocycles. The van der Waals surface area contributed by atoms with Crippen molar-refractivity contribution in [2.24, 2.45) is 0 Å². The summed E-state index contributed by atoms with van der Waals surface area (Å²) in [6.45, 7) is 4.71. The van der Waals surface area contributed by atoms with Crippen molar-refractivity contribution in [3.05, 3.63) is 53.2 Å². The number of hydrogen-bond acceptors (Lipinski definition) is 7. The minimum absolute atomic E-state index is 0.0328. The zero-order chi connectivity index (χ0) is 20.2. The summed E-state index contributed by atoms with van der Waals surface area (Å²) in [5.74, 6) is 1.00. The van der Waals surface area contributed by atoms with E-state index in [1.807, 2.05) is 22.4 Å². The lowest BCUT2D eigenvalue weighted by Crippen LogP contribution is -2.48. The molecule has 8 nitrogen and oxygen atoms in total. The van der Waals surface area contributed by atoms with Crippen molar-refractivity contribution in [2.75, 3.05) is 31.5 Å². The molecule has 3 heterocycles. The van der Waals surface area contributed by atoms with Crippen molar-refractivity contribution in [2.45, 2.75) is 13.5 Å². The Morgan fingerprint density at radius 1 is 1.17 bits per heavy atom. The fourth-order valence-electron chi connectivity index (χ4n) is 3.24. The number of nitrogens with zero attached hydrogens (tertiary/aromatic N) is 4. The summed E-state index contributed by atoms with van der Waals surface area (Å²) in [4.78, 5) is 33.5. The molecule has 2 aromatic heterocycles.